The summed E-state index contributed by atoms with van der Waals surface area (Å²) in [5, 5.41) is 43.1. The number of nitro benzene ring substituents is 2. The molecule has 0 bridgehead atoms. The van der Waals surface area contributed by atoms with Crippen LogP contribution in [0, 0.1) is 20.2 Å². The van der Waals surface area contributed by atoms with Crippen LogP contribution in [0.3, 0.4) is 0 Å². The van der Waals surface area contributed by atoms with Crippen LogP contribution in [0.4, 0.5) is 34.1 Å². The zero-order valence-corrected chi connectivity index (χ0v) is 24.8. The molecule has 0 heterocycles. The fourth-order valence-electron chi connectivity index (χ4n) is 3.34. The van der Waals surface area contributed by atoms with E-state index in [1.807, 2.05) is 27.7 Å². The zero-order valence-electron chi connectivity index (χ0n) is 24.8. The van der Waals surface area contributed by atoms with Gasteiger partial charge in [-0.1, -0.05) is 27.7 Å². The van der Waals surface area contributed by atoms with E-state index in [4.69, 9.17) is 41.9 Å². The molecular formula is C29H34N6O10. The molecule has 0 fully saturated rings. The molecule has 0 amide bonds. The summed E-state index contributed by atoms with van der Waals surface area (Å²) < 4.78 is 23.6. The number of nitrogens with zero attached hydrogens (tertiary/aromatic N) is 2. The van der Waals surface area contributed by atoms with Crippen molar-refractivity contribution in [2.45, 2.75) is 33.9 Å². The van der Waals surface area contributed by atoms with Crippen molar-refractivity contribution >= 4 is 34.1 Å². The van der Waals surface area contributed by atoms with Crippen LogP contribution in [0.2, 0.25) is 0 Å². The summed E-state index contributed by atoms with van der Waals surface area (Å²) in [5.74, 6) is -2.08. The van der Waals surface area contributed by atoms with Gasteiger partial charge in [0.15, 0.2) is 23.0 Å². The van der Waals surface area contributed by atoms with Crippen LogP contribution in [0.15, 0.2) is 72.8 Å². The van der Waals surface area contributed by atoms with Crippen molar-refractivity contribution < 1.29 is 39.0 Å². The first kappa shape index (κ1) is 34.9. The van der Waals surface area contributed by atoms with Gasteiger partial charge in [-0.25, -0.2) is 0 Å². The number of benzene rings is 4. The molecule has 0 aliphatic heterocycles. The largest absolute Gasteiger partial charge is 0.611 e. The lowest BCUT2D eigenvalue weighted by Crippen LogP contribution is -2.54. The van der Waals surface area contributed by atoms with Crippen LogP contribution in [0.5, 0.6) is 34.5 Å². The normalized spacial score (nSPS) is 10.2. The Bertz CT molecular complexity index is 1530. The molecule has 10 N–H and O–H groups in total. The number of nitrogens with two attached hydrogens (primary N) is 4. The summed E-state index contributed by atoms with van der Waals surface area (Å²) in [5.41, 5.74) is 22.7. The maximum absolute atomic E-state index is 11.5. The molecule has 0 atom stereocenters. The van der Waals surface area contributed by atoms with E-state index in [1.54, 1.807) is 0 Å². The first-order chi connectivity index (χ1) is 21.4. The number of nitro groups is 2. The van der Waals surface area contributed by atoms with E-state index in [-0.39, 0.29) is 45.7 Å². The van der Waals surface area contributed by atoms with E-state index >= 15 is 0 Å². The Morgan fingerprint density at radius 2 is 0.800 bits per heavy atom. The molecule has 240 valence electrons. The third-order valence-corrected chi connectivity index (χ3v) is 5.35. The molecule has 0 spiro atoms. The van der Waals surface area contributed by atoms with E-state index in [1.165, 1.54) is 24.3 Å². The van der Waals surface area contributed by atoms with E-state index in [2.05, 4.69) is 0 Å². The zero-order chi connectivity index (χ0) is 33.9. The number of nitrogen functional groups attached to an aromatic ring is 4. The average molecular weight is 627 g/mol. The average Bonchev–Trinajstić information content (AvgIpc) is 3.01. The first-order valence-electron chi connectivity index (χ1n) is 13.4. The number of phenolic OH excluding ortho intramolecular Hbond substituents is 2. The van der Waals surface area contributed by atoms with Crippen molar-refractivity contribution in [1.82, 2.24) is 0 Å². The van der Waals surface area contributed by atoms with E-state index < -0.39 is 38.9 Å². The van der Waals surface area contributed by atoms with Crippen LogP contribution in [-0.4, -0.2) is 26.2 Å². The molecule has 4 aromatic carbocycles. The number of aromatic hydroxyl groups is 2. The van der Waals surface area contributed by atoms with Crippen molar-refractivity contribution in [2.75, 3.05) is 22.9 Å². The third-order valence-electron chi connectivity index (χ3n) is 5.35. The van der Waals surface area contributed by atoms with Gasteiger partial charge in [0.25, 0.3) is 11.4 Å². The molecule has 4 aromatic rings. The summed E-state index contributed by atoms with van der Waals surface area (Å²) >= 11 is 0. The fraction of sp³-hybridized carbons (Fsp3) is 0.172. The van der Waals surface area contributed by atoms with Crippen LogP contribution in [0.25, 0.3) is 0 Å². The van der Waals surface area contributed by atoms with Crippen LogP contribution >= 0.6 is 0 Å². The Kier molecular flexibility index (Phi) is 11.8. The topological polar surface area (TPSA) is 268 Å². The van der Waals surface area contributed by atoms with Crippen LogP contribution in [-0.2, 0) is 0 Å². The number of hydrogen-bond donors (Lipinski definition) is 6. The van der Waals surface area contributed by atoms with Crippen molar-refractivity contribution in [2.24, 2.45) is 0 Å². The Morgan fingerprint density at radius 3 is 1.09 bits per heavy atom. The number of phenols is 2. The van der Waals surface area contributed by atoms with Gasteiger partial charge in [0.05, 0.1) is 44.7 Å². The highest BCUT2D eigenvalue weighted by molar-refractivity contribution is 5.60. The minimum absolute atomic E-state index is 0.0779. The van der Waals surface area contributed by atoms with Gasteiger partial charge in [0, 0.05) is 24.3 Å². The number of non-ortho nitro benzene ring substituents is 2. The second-order valence-corrected chi connectivity index (χ2v) is 8.31. The van der Waals surface area contributed by atoms with Gasteiger partial charge in [0.2, 0.25) is 0 Å². The molecule has 4 rings (SSSR count). The summed E-state index contributed by atoms with van der Waals surface area (Å²) in [6.07, 6.45) is -2.96. The lowest BCUT2D eigenvalue weighted by Gasteiger charge is -2.33. The van der Waals surface area contributed by atoms with Crippen LogP contribution in [0.1, 0.15) is 27.7 Å². The Labute approximate surface area is 257 Å². The van der Waals surface area contributed by atoms with Gasteiger partial charge < -0.3 is 52.1 Å². The maximum atomic E-state index is 11.5. The van der Waals surface area contributed by atoms with Gasteiger partial charge in [-0.05, 0) is 36.4 Å². The van der Waals surface area contributed by atoms with Gasteiger partial charge >= 0.3 is 6.16 Å². The van der Waals surface area contributed by atoms with Crippen molar-refractivity contribution in [1.29, 1.82) is 0 Å². The van der Waals surface area contributed by atoms with Gasteiger partial charge in [-0.3, -0.25) is 20.2 Å². The molecule has 16 heteroatoms. The molecule has 0 unspecified atom stereocenters. The standard InChI is InChI=1S/C25H22N6O10.2C2H6/c26-17-5-1-13(30(34)35)9-21(17)38-25(40-23-11-15(32)3-7-19(23)28,41-24-12-16(33)4-8-20(24)29)39-22-10-14(31(36)37)2-6-18(22)27;2*1-2/h1-12,32-33H,26-29H2;2*1-2H3. The Morgan fingerprint density at radius 1 is 0.533 bits per heavy atom. The van der Waals surface area contributed by atoms with E-state index in [0.29, 0.717) is 0 Å². The van der Waals surface area contributed by atoms with Crippen molar-refractivity contribution in [3.63, 3.8) is 0 Å². The predicted octanol–water partition coefficient (Wildman–Crippen LogP) is 5.52. The molecule has 0 radical (unpaired) electrons. The van der Waals surface area contributed by atoms with Gasteiger partial charge in [-0.2, -0.15) is 0 Å². The summed E-state index contributed by atoms with van der Waals surface area (Å²) in [7, 11) is 0. The van der Waals surface area contributed by atoms with Crippen LogP contribution < -0.4 is 41.9 Å². The third kappa shape index (κ3) is 8.84. The van der Waals surface area contributed by atoms with Crippen molar-refractivity contribution in [3.05, 3.63) is 93.0 Å². The van der Waals surface area contributed by atoms with Crippen molar-refractivity contribution in [3.8, 4) is 34.5 Å². The van der Waals surface area contributed by atoms with Gasteiger partial charge in [-0.15, -0.1) is 0 Å². The monoisotopic (exact) mass is 626 g/mol. The highest BCUT2D eigenvalue weighted by Crippen LogP contribution is 2.40. The fourth-order valence-corrected chi connectivity index (χ4v) is 3.34. The lowest BCUT2D eigenvalue weighted by atomic mass is 10.2. The maximum Gasteiger partial charge on any atom is 0.611 e. The molecular weight excluding hydrogens is 592 g/mol. The first-order valence-corrected chi connectivity index (χ1v) is 13.4. The second kappa shape index (κ2) is 15.2. The van der Waals surface area contributed by atoms with E-state index in [9.17, 15) is 30.4 Å². The molecule has 0 aliphatic rings. The Balaban J connectivity index is 0.00000169. The smallest absolute Gasteiger partial charge is 0.508 e. The Hall–Kier alpha value is -6.32. The number of rotatable bonds is 10. The van der Waals surface area contributed by atoms with Gasteiger partial charge in [0.1, 0.15) is 11.5 Å². The minimum Gasteiger partial charge on any atom is -0.508 e. The molecule has 0 saturated heterocycles. The molecule has 0 aliphatic carbocycles. The molecule has 45 heavy (non-hydrogen) atoms. The summed E-state index contributed by atoms with van der Waals surface area (Å²) in [6, 6.07) is 13.5. The quantitative estimate of drug-likeness (QED) is 0.0416. The number of hydrogen-bond acceptors (Lipinski definition) is 14. The highest BCUT2D eigenvalue weighted by atomic mass is 17.0. The summed E-state index contributed by atoms with van der Waals surface area (Å²) in [6.45, 7) is 8.00. The highest BCUT2D eigenvalue weighted by Gasteiger charge is 2.46. The second-order valence-electron chi connectivity index (χ2n) is 8.31. The summed E-state index contributed by atoms with van der Waals surface area (Å²) in [4.78, 5) is 21.5. The molecule has 0 aromatic heterocycles. The molecule has 0 saturated carbocycles. The predicted molar refractivity (Wildman–Crippen MR) is 168 cm³/mol. The number of ether oxygens (including phenoxy) is 4. The lowest BCUT2D eigenvalue weighted by molar-refractivity contribution is -0.386. The SMILES string of the molecule is CC.CC.Nc1ccc(O)cc1OC(Oc1cc(O)ccc1N)(Oc1cc([N+](=O)[O-])ccc1N)Oc1cc([N+](=O)[O-])ccc1N. The number of anilines is 4. The minimum atomic E-state index is -2.96. The molecule has 16 nitrogen and oxygen atoms in total. The van der Waals surface area contributed by atoms with E-state index in [0.717, 1.165) is 48.5 Å².